The van der Waals surface area contributed by atoms with Gasteiger partial charge in [0.2, 0.25) is 5.91 Å². The highest BCUT2D eigenvalue weighted by molar-refractivity contribution is 7.10. The van der Waals surface area contributed by atoms with Crippen molar-refractivity contribution >= 4 is 23.2 Å². The lowest BCUT2D eigenvalue weighted by atomic mass is 9.86. The van der Waals surface area contributed by atoms with Crippen molar-refractivity contribution in [1.82, 2.24) is 4.90 Å². The van der Waals surface area contributed by atoms with E-state index in [1.54, 1.807) is 16.2 Å². The average Bonchev–Trinajstić information content (AvgIpc) is 3.20. The molecule has 112 valence electrons. The SMILES string of the molecule is O=C(O)C1c2ccsc2CCN1C(=O)C1CC2CCC1C2. The molecule has 2 fully saturated rings. The minimum atomic E-state index is -0.897. The predicted molar refractivity (Wildman–Crippen MR) is 79.1 cm³/mol. The van der Waals surface area contributed by atoms with Crippen molar-refractivity contribution in [3.63, 3.8) is 0 Å². The molecule has 2 bridgehead atoms. The van der Waals surface area contributed by atoms with E-state index in [2.05, 4.69) is 0 Å². The number of amides is 1. The van der Waals surface area contributed by atoms with E-state index >= 15 is 0 Å². The lowest BCUT2D eigenvalue weighted by Crippen LogP contribution is -2.46. The zero-order valence-electron chi connectivity index (χ0n) is 11.8. The predicted octanol–water partition coefficient (Wildman–Crippen LogP) is 2.69. The normalized spacial score (nSPS) is 34.0. The maximum Gasteiger partial charge on any atom is 0.331 e. The summed E-state index contributed by atoms with van der Waals surface area (Å²) in [4.78, 5) is 27.4. The number of thiophene rings is 1. The van der Waals surface area contributed by atoms with Gasteiger partial charge in [-0.1, -0.05) is 6.42 Å². The Hall–Kier alpha value is -1.36. The smallest absolute Gasteiger partial charge is 0.331 e. The molecule has 4 rings (SSSR count). The fourth-order valence-corrected chi connectivity index (χ4v) is 5.48. The Morgan fingerprint density at radius 1 is 1.29 bits per heavy atom. The van der Waals surface area contributed by atoms with Crippen LogP contribution in [0.1, 0.15) is 42.2 Å². The first-order valence-electron chi connectivity index (χ1n) is 7.74. The summed E-state index contributed by atoms with van der Waals surface area (Å²) in [7, 11) is 0. The van der Waals surface area contributed by atoms with Crippen LogP contribution < -0.4 is 0 Å². The number of hydrogen-bond acceptors (Lipinski definition) is 3. The molecule has 1 aromatic rings. The summed E-state index contributed by atoms with van der Waals surface area (Å²) in [6, 6.07) is 1.10. The summed E-state index contributed by atoms with van der Waals surface area (Å²) in [6.45, 7) is 0.553. The average molecular weight is 305 g/mol. The first-order valence-corrected chi connectivity index (χ1v) is 8.62. The Morgan fingerprint density at radius 3 is 2.81 bits per heavy atom. The number of nitrogens with zero attached hydrogens (tertiary/aromatic N) is 1. The molecule has 0 aromatic carbocycles. The molecular weight excluding hydrogens is 286 g/mol. The Balaban J connectivity index is 1.62. The third-order valence-electron chi connectivity index (χ3n) is 5.54. The van der Waals surface area contributed by atoms with Crippen molar-refractivity contribution in [2.24, 2.45) is 17.8 Å². The maximum atomic E-state index is 12.9. The van der Waals surface area contributed by atoms with Crippen LogP contribution in [0, 0.1) is 17.8 Å². The zero-order valence-corrected chi connectivity index (χ0v) is 12.6. The first kappa shape index (κ1) is 13.3. The van der Waals surface area contributed by atoms with Gasteiger partial charge in [0.05, 0.1) is 0 Å². The molecule has 0 saturated heterocycles. The van der Waals surface area contributed by atoms with Gasteiger partial charge in [-0.3, -0.25) is 4.79 Å². The van der Waals surface area contributed by atoms with Crippen molar-refractivity contribution in [1.29, 1.82) is 0 Å². The highest BCUT2D eigenvalue weighted by Gasteiger charge is 2.47. The molecule has 2 heterocycles. The number of fused-ring (bicyclic) bond motifs is 3. The van der Waals surface area contributed by atoms with Crippen molar-refractivity contribution in [3.8, 4) is 0 Å². The highest BCUT2D eigenvalue weighted by Crippen LogP contribution is 2.49. The van der Waals surface area contributed by atoms with Gasteiger partial charge in [0.1, 0.15) is 0 Å². The number of hydrogen-bond donors (Lipinski definition) is 1. The highest BCUT2D eigenvalue weighted by atomic mass is 32.1. The molecule has 5 heteroatoms. The Bertz CT molecular complexity index is 596. The second-order valence-electron chi connectivity index (χ2n) is 6.60. The summed E-state index contributed by atoms with van der Waals surface area (Å²) < 4.78 is 0. The third kappa shape index (κ3) is 2.01. The molecule has 2 aliphatic carbocycles. The van der Waals surface area contributed by atoms with E-state index in [9.17, 15) is 14.7 Å². The zero-order chi connectivity index (χ0) is 14.6. The van der Waals surface area contributed by atoms with Gasteiger partial charge in [-0.25, -0.2) is 4.79 Å². The molecule has 3 aliphatic rings. The van der Waals surface area contributed by atoms with Crippen LogP contribution in [0.4, 0.5) is 0 Å². The van der Waals surface area contributed by atoms with E-state index in [-0.39, 0.29) is 11.8 Å². The van der Waals surface area contributed by atoms with Crippen LogP contribution >= 0.6 is 11.3 Å². The van der Waals surface area contributed by atoms with Gasteiger partial charge in [0.15, 0.2) is 6.04 Å². The second kappa shape index (κ2) is 4.83. The Labute approximate surface area is 127 Å². The van der Waals surface area contributed by atoms with Gasteiger partial charge in [0.25, 0.3) is 0 Å². The quantitative estimate of drug-likeness (QED) is 0.914. The van der Waals surface area contributed by atoms with Crippen molar-refractivity contribution in [3.05, 3.63) is 21.9 Å². The second-order valence-corrected chi connectivity index (χ2v) is 7.60. The Kier molecular flexibility index (Phi) is 3.06. The van der Waals surface area contributed by atoms with E-state index in [0.29, 0.717) is 18.4 Å². The largest absolute Gasteiger partial charge is 0.479 e. The van der Waals surface area contributed by atoms with Crippen LogP contribution in [0.5, 0.6) is 0 Å². The van der Waals surface area contributed by atoms with Gasteiger partial charge < -0.3 is 10.0 Å². The van der Waals surface area contributed by atoms with Gasteiger partial charge in [-0.15, -0.1) is 11.3 Å². The summed E-state index contributed by atoms with van der Waals surface area (Å²) in [5.41, 5.74) is 0.829. The number of rotatable bonds is 2. The number of carboxylic acids is 1. The van der Waals surface area contributed by atoms with E-state index in [1.165, 1.54) is 12.8 Å². The molecule has 21 heavy (non-hydrogen) atoms. The molecule has 4 nitrogen and oxygen atoms in total. The summed E-state index contributed by atoms with van der Waals surface area (Å²) in [5.74, 6) is 0.470. The number of carbonyl (C=O) groups excluding carboxylic acids is 1. The van der Waals surface area contributed by atoms with Crippen LogP contribution in [-0.4, -0.2) is 28.4 Å². The van der Waals surface area contributed by atoms with Crippen LogP contribution in [0.25, 0.3) is 0 Å². The fourth-order valence-electron chi connectivity index (χ4n) is 4.58. The van der Waals surface area contributed by atoms with Gasteiger partial charge in [-0.05, 0) is 54.5 Å². The standard InChI is InChI=1S/C16H19NO3S/c18-15(12-8-9-1-2-10(12)7-9)17-5-3-13-11(4-6-21-13)14(17)16(19)20/h4,6,9-10,12,14H,1-3,5,7-8H2,(H,19,20). The van der Waals surface area contributed by atoms with Crippen molar-refractivity contribution in [2.75, 3.05) is 6.54 Å². The summed E-state index contributed by atoms with van der Waals surface area (Å²) >= 11 is 1.60. The lowest BCUT2D eigenvalue weighted by molar-refractivity contribution is -0.153. The van der Waals surface area contributed by atoms with E-state index in [0.717, 1.165) is 29.7 Å². The molecular formula is C16H19NO3S. The van der Waals surface area contributed by atoms with Gasteiger partial charge in [0, 0.05) is 17.3 Å². The molecule has 4 atom stereocenters. The van der Waals surface area contributed by atoms with Crippen LogP contribution in [0.15, 0.2) is 11.4 Å². The molecule has 1 N–H and O–H groups in total. The fraction of sp³-hybridized carbons (Fsp3) is 0.625. The third-order valence-corrected chi connectivity index (χ3v) is 6.53. The summed E-state index contributed by atoms with van der Waals surface area (Å²) in [5, 5.41) is 11.5. The first-order chi connectivity index (χ1) is 10.1. The molecule has 0 radical (unpaired) electrons. The molecule has 2 saturated carbocycles. The molecule has 1 aliphatic heterocycles. The molecule has 0 spiro atoms. The van der Waals surface area contributed by atoms with Gasteiger partial charge >= 0.3 is 5.97 Å². The van der Waals surface area contributed by atoms with E-state index < -0.39 is 12.0 Å². The Morgan fingerprint density at radius 2 is 2.14 bits per heavy atom. The van der Waals surface area contributed by atoms with Crippen molar-refractivity contribution in [2.45, 2.75) is 38.1 Å². The molecule has 1 aromatic heterocycles. The van der Waals surface area contributed by atoms with Crippen molar-refractivity contribution < 1.29 is 14.7 Å². The number of aliphatic carboxylic acids is 1. The topological polar surface area (TPSA) is 57.6 Å². The van der Waals surface area contributed by atoms with Crippen LogP contribution in [0.2, 0.25) is 0 Å². The van der Waals surface area contributed by atoms with E-state index in [4.69, 9.17) is 0 Å². The number of carbonyl (C=O) groups is 2. The summed E-state index contributed by atoms with van der Waals surface area (Å²) in [6.07, 6.45) is 5.35. The lowest BCUT2D eigenvalue weighted by Gasteiger charge is -2.36. The van der Waals surface area contributed by atoms with Gasteiger partial charge in [-0.2, -0.15) is 0 Å². The minimum Gasteiger partial charge on any atom is -0.479 e. The number of carboxylic acid groups (broad SMARTS) is 1. The maximum absolute atomic E-state index is 12.9. The van der Waals surface area contributed by atoms with Crippen LogP contribution in [0.3, 0.4) is 0 Å². The van der Waals surface area contributed by atoms with Crippen LogP contribution in [-0.2, 0) is 16.0 Å². The van der Waals surface area contributed by atoms with E-state index in [1.807, 2.05) is 11.4 Å². The monoisotopic (exact) mass is 305 g/mol. The molecule has 4 unspecified atom stereocenters. The molecule has 1 amide bonds. The minimum absolute atomic E-state index is 0.0748.